The summed E-state index contributed by atoms with van der Waals surface area (Å²) < 4.78 is 0. The van der Waals surface area contributed by atoms with Crippen LogP contribution in [-0.2, 0) is 5.41 Å². The van der Waals surface area contributed by atoms with Crippen LogP contribution >= 0.6 is 27.3 Å². The molecule has 96 valence electrons. The van der Waals surface area contributed by atoms with Gasteiger partial charge in [-0.2, -0.15) is 0 Å². The molecular weight excluding hydrogens is 304 g/mol. The molecule has 1 aromatic heterocycles. The quantitative estimate of drug-likeness (QED) is 0.628. The van der Waals surface area contributed by atoms with E-state index < -0.39 is 0 Å². The summed E-state index contributed by atoms with van der Waals surface area (Å²) in [5.41, 5.74) is 2.85. The largest absolute Gasteiger partial charge is 0.144 e. The number of rotatable bonds is 3. The summed E-state index contributed by atoms with van der Waals surface area (Å²) in [5, 5.41) is 0. The highest BCUT2D eigenvalue weighted by molar-refractivity contribution is 9.09. The molecule has 0 saturated heterocycles. The number of hydrogen-bond acceptors (Lipinski definition) is 1. The summed E-state index contributed by atoms with van der Waals surface area (Å²) in [6, 6.07) is 13.0. The first-order valence-corrected chi connectivity index (χ1v) is 7.92. The van der Waals surface area contributed by atoms with Crippen molar-refractivity contribution in [3.05, 3.63) is 57.3 Å². The zero-order valence-electron chi connectivity index (χ0n) is 11.3. The van der Waals surface area contributed by atoms with E-state index in [2.05, 4.69) is 80.0 Å². The fourth-order valence-electron chi connectivity index (χ4n) is 2.25. The lowest BCUT2D eigenvalue weighted by Crippen LogP contribution is -2.22. The van der Waals surface area contributed by atoms with E-state index in [0.717, 1.165) is 0 Å². The van der Waals surface area contributed by atoms with Gasteiger partial charge in [-0.25, -0.2) is 0 Å². The molecule has 0 N–H and O–H groups in total. The van der Waals surface area contributed by atoms with Gasteiger partial charge in [-0.15, -0.1) is 11.3 Å². The van der Waals surface area contributed by atoms with Gasteiger partial charge in [0.15, 0.2) is 0 Å². The Morgan fingerprint density at radius 2 is 1.72 bits per heavy atom. The Labute approximate surface area is 122 Å². The van der Waals surface area contributed by atoms with Crippen LogP contribution in [0, 0.1) is 13.8 Å². The lowest BCUT2D eigenvalue weighted by atomic mass is 9.80. The third kappa shape index (κ3) is 2.55. The molecule has 2 heteroatoms. The SMILES string of the molecule is Cc1cc(C)c(C(Br)C(C)(C)c2ccccc2)s1. The smallest absolute Gasteiger partial charge is 0.0583 e. The molecule has 2 aromatic rings. The molecule has 0 saturated carbocycles. The number of aryl methyl sites for hydroxylation is 2. The van der Waals surface area contributed by atoms with Gasteiger partial charge in [-0.3, -0.25) is 0 Å². The molecule has 1 atom stereocenters. The van der Waals surface area contributed by atoms with Crippen molar-refractivity contribution in [3.63, 3.8) is 0 Å². The Hall–Kier alpha value is -0.600. The van der Waals surface area contributed by atoms with Crippen LogP contribution in [0.2, 0.25) is 0 Å². The number of thiophene rings is 1. The predicted molar refractivity (Wildman–Crippen MR) is 84.9 cm³/mol. The molecule has 0 aliphatic rings. The van der Waals surface area contributed by atoms with Crippen LogP contribution in [0.3, 0.4) is 0 Å². The fourth-order valence-corrected chi connectivity index (χ4v) is 4.36. The summed E-state index contributed by atoms with van der Waals surface area (Å²) in [6.45, 7) is 8.98. The predicted octanol–water partition coefficient (Wildman–Crippen LogP) is 5.78. The Morgan fingerprint density at radius 1 is 1.11 bits per heavy atom. The van der Waals surface area contributed by atoms with E-state index in [4.69, 9.17) is 0 Å². The minimum Gasteiger partial charge on any atom is -0.144 e. The Morgan fingerprint density at radius 3 is 2.22 bits per heavy atom. The molecule has 0 bridgehead atoms. The van der Waals surface area contributed by atoms with Crippen molar-refractivity contribution in [1.29, 1.82) is 0 Å². The van der Waals surface area contributed by atoms with E-state index in [-0.39, 0.29) is 5.41 Å². The molecule has 0 spiro atoms. The molecule has 2 rings (SSSR count). The molecule has 1 aromatic carbocycles. The third-order valence-electron chi connectivity index (χ3n) is 3.46. The summed E-state index contributed by atoms with van der Waals surface area (Å²) in [4.78, 5) is 3.18. The van der Waals surface area contributed by atoms with Crippen molar-refractivity contribution in [3.8, 4) is 0 Å². The maximum Gasteiger partial charge on any atom is 0.0583 e. The highest BCUT2D eigenvalue weighted by atomic mass is 79.9. The molecular formula is C16H19BrS. The second-order valence-electron chi connectivity index (χ2n) is 5.35. The zero-order valence-corrected chi connectivity index (χ0v) is 13.7. The van der Waals surface area contributed by atoms with Crippen molar-refractivity contribution in [2.24, 2.45) is 0 Å². The number of benzene rings is 1. The Balaban J connectivity index is 2.39. The molecule has 0 aliphatic carbocycles. The third-order valence-corrected chi connectivity index (χ3v) is 6.58. The Bertz CT molecular complexity index is 525. The minimum absolute atomic E-state index is 0.0866. The fraction of sp³-hybridized carbons (Fsp3) is 0.375. The molecule has 0 aliphatic heterocycles. The first-order valence-electron chi connectivity index (χ1n) is 6.19. The van der Waals surface area contributed by atoms with Crippen LogP contribution in [0.1, 0.15) is 39.6 Å². The summed E-state index contributed by atoms with van der Waals surface area (Å²) in [6.07, 6.45) is 0. The first kappa shape index (κ1) is 13.8. The van der Waals surface area contributed by atoms with Crippen molar-refractivity contribution in [1.82, 2.24) is 0 Å². The van der Waals surface area contributed by atoms with Crippen LogP contribution in [0.25, 0.3) is 0 Å². The van der Waals surface area contributed by atoms with Crippen LogP contribution in [0.15, 0.2) is 36.4 Å². The summed E-state index contributed by atoms with van der Waals surface area (Å²) in [5.74, 6) is 0. The monoisotopic (exact) mass is 322 g/mol. The number of hydrogen-bond donors (Lipinski definition) is 0. The van der Waals surface area contributed by atoms with Crippen molar-refractivity contribution in [2.45, 2.75) is 37.9 Å². The minimum atomic E-state index is 0.0866. The van der Waals surface area contributed by atoms with Gasteiger partial charge < -0.3 is 0 Å². The van der Waals surface area contributed by atoms with Gasteiger partial charge in [0.05, 0.1) is 4.83 Å². The van der Waals surface area contributed by atoms with Crippen LogP contribution in [0.5, 0.6) is 0 Å². The molecule has 0 radical (unpaired) electrons. The van der Waals surface area contributed by atoms with Crippen LogP contribution in [-0.4, -0.2) is 0 Å². The molecule has 18 heavy (non-hydrogen) atoms. The van der Waals surface area contributed by atoms with Crippen LogP contribution < -0.4 is 0 Å². The molecule has 1 heterocycles. The van der Waals surface area contributed by atoms with Gasteiger partial charge in [0.25, 0.3) is 0 Å². The van der Waals surface area contributed by atoms with Crippen molar-refractivity contribution < 1.29 is 0 Å². The first-order chi connectivity index (χ1) is 8.43. The van der Waals surface area contributed by atoms with Gasteiger partial charge in [0, 0.05) is 15.2 Å². The Kier molecular flexibility index (Phi) is 3.98. The average molecular weight is 323 g/mol. The van der Waals surface area contributed by atoms with Gasteiger partial charge in [0.1, 0.15) is 0 Å². The zero-order chi connectivity index (χ0) is 13.3. The summed E-state index contributed by atoms with van der Waals surface area (Å²) in [7, 11) is 0. The second-order valence-corrected chi connectivity index (χ2v) is 7.56. The molecule has 0 nitrogen and oxygen atoms in total. The van der Waals surface area contributed by atoms with E-state index in [1.165, 1.54) is 20.9 Å². The van der Waals surface area contributed by atoms with E-state index in [0.29, 0.717) is 4.83 Å². The number of halogens is 1. The topological polar surface area (TPSA) is 0 Å². The van der Waals surface area contributed by atoms with Gasteiger partial charge in [-0.1, -0.05) is 60.1 Å². The maximum atomic E-state index is 3.92. The lowest BCUT2D eigenvalue weighted by Gasteiger charge is -2.31. The average Bonchev–Trinajstić information content (AvgIpc) is 2.68. The van der Waals surface area contributed by atoms with E-state index in [9.17, 15) is 0 Å². The van der Waals surface area contributed by atoms with Crippen LogP contribution in [0.4, 0.5) is 0 Å². The molecule has 1 unspecified atom stereocenters. The highest BCUT2D eigenvalue weighted by Crippen LogP contribution is 2.46. The standard InChI is InChI=1S/C16H19BrS/c1-11-10-12(2)18-14(11)15(17)16(3,4)13-8-6-5-7-9-13/h5-10,15H,1-4H3. The molecule has 0 amide bonds. The molecule has 0 fully saturated rings. The van der Waals surface area contributed by atoms with Gasteiger partial charge in [0.2, 0.25) is 0 Å². The van der Waals surface area contributed by atoms with Crippen molar-refractivity contribution >= 4 is 27.3 Å². The highest BCUT2D eigenvalue weighted by Gasteiger charge is 2.32. The van der Waals surface area contributed by atoms with E-state index in [1.807, 2.05) is 11.3 Å². The second kappa shape index (κ2) is 5.18. The maximum absolute atomic E-state index is 3.92. The van der Waals surface area contributed by atoms with E-state index >= 15 is 0 Å². The van der Waals surface area contributed by atoms with Gasteiger partial charge in [-0.05, 0) is 31.0 Å². The normalized spacial score (nSPS) is 13.6. The van der Waals surface area contributed by atoms with E-state index in [1.54, 1.807) is 0 Å². The van der Waals surface area contributed by atoms with Gasteiger partial charge >= 0.3 is 0 Å². The summed E-state index contributed by atoms with van der Waals surface area (Å²) >= 11 is 5.82. The lowest BCUT2D eigenvalue weighted by molar-refractivity contribution is 0.521. The van der Waals surface area contributed by atoms with Crippen molar-refractivity contribution in [2.75, 3.05) is 0 Å². The number of alkyl halides is 1.